The first kappa shape index (κ1) is 14.6. The van der Waals surface area contributed by atoms with E-state index in [0.29, 0.717) is 18.7 Å². The van der Waals surface area contributed by atoms with Crippen molar-refractivity contribution in [3.63, 3.8) is 0 Å². The number of piperidine rings is 1. The summed E-state index contributed by atoms with van der Waals surface area (Å²) in [5, 5.41) is 0. The monoisotopic (exact) mass is 278 g/mol. The molecule has 0 aliphatic carbocycles. The molecule has 20 heavy (non-hydrogen) atoms. The van der Waals surface area contributed by atoms with Crippen LogP contribution in [0.25, 0.3) is 0 Å². The molecule has 5 heteroatoms. The van der Waals surface area contributed by atoms with Gasteiger partial charge in [0.25, 0.3) is 5.91 Å². The lowest BCUT2D eigenvalue weighted by Gasteiger charge is -2.34. The first-order valence-electron chi connectivity index (χ1n) is 7.09. The van der Waals surface area contributed by atoms with Gasteiger partial charge in [-0.2, -0.15) is 0 Å². The summed E-state index contributed by atoms with van der Waals surface area (Å²) in [6, 6.07) is 1.89. The van der Waals surface area contributed by atoms with Gasteiger partial charge in [-0.15, -0.1) is 0 Å². The van der Waals surface area contributed by atoms with Crippen LogP contribution in [0, 0.1) is 5.92 Å². The van der Waals surface area contributed by atoms with Crippen molar-refractivity contribution in [2.24, 2.45) is 5.92 Å². The van der Waals surface area contributed by atoms with Crippen molar-refractivity contribution >= 4 is 11.8 Å². The van der Waals surface area contributed by atoms with Crippen LogP contribution in [0.4, 0.5) is 0 Å². The average molecular weight is 278 g/mol. The molecule has 1 fully saturated rings. The maximum Gasteiger partial charge on any atom is 0.257 e. The van der Waals surface area contributed by atoms with Crippen molar-refractivity contribution < 1.29 is 14.0 Å². The van der Waals surface area contributed by atoms with Crippen molar-refractivity contribution in [1.29, 1.82) is 0 Å². The Labute approximate surface area is 119 Å². The molecule has 1 aromatic rings. The third kappa shape index (κ3) is 3.03. The van der Waals surface area contributed by atoms with E-state index in [1.54, 1.807) is 15.9 Å². The molecule has 2 rings (SSSR count). The summed E-state index contributed by atoms with van der Waals surface area (Å²) >= 11 is 0. The Morgan fingerprint density at radius 2 is 2.00 bits per heavy atom. The lowest BCUT2D eigenvalue weighted by molar-refractivity contribution is -0.137. The summed E-state index contributed by atoms with van der Waals surface area (Å²) in [6.45, 7) is 5.28. The third-order valence-electron chi connectivity index (χ3n) is 4.02. The summed E-state index contributed by atoms with van der Waals surface area (Å²) in [5.74, 6) is 0.216. The minimum atomic E-state index is -0.0122. The van der Waals surface area contributed by atoms with E-state index < -0.39 is 0 Å². The maximum atomic E-state index is 12.3. The number of carbonyl (C=O) groups excluding carboxylic acids is 2. The molecular weight excluding hydrogens is 256 g/mol. The third-order valence-corrected chi connectivity index (χ3v) is 4.02. The van der Waals surface area contributed by atoms with Gasteiger partial charge in [-0.3, -0.25) is 9.59 Å². The van der Waals surface area contributed by atoms with E-state index in [4.69, 9.17) is 4.42 Å². The smallest absolute Gasteiger partial charge is 0.257 e. The second kappa shape index (κ2) is 6.11. The van der Waals surface area contributed by atoms with Gasteiger partial charge in [0.1, 0.15) is 6.26 Å². The van der Waals surface area contributed by atoms with Crippen molar-refractivity contribution in [1.82, 2.24) is 9.80 Å². The van der Waals surface area contributed by atoms with Gasteiger partial charge in [0, 0.05) is 32.1 Å². The molecule has 0 aromatic carbocycles. The van der Waals surface area contributed by atoms with Crippen molar-refractivity contribution in [2.75, 3.05) is 20.1 Å². The SMILES string of the molecule is CC(C)N(C)C(=O)C1CCN(C(=O)c2ccoc2)CC1. The largest absolute Gasteiger partial charge is 0.472 e. The van der Waals surface area contributed by atoms with E-state index in [0.717, 1.165) is 12.8 Å². The standard InChI is InChI=1S/C15H22N2O3/c1-11(2)16(3)14(18)12-4-7-17(8-5-12)15(19)13-6-9-20-10-13/h6,9-12H,4-5,7-8H2,1-3H3. The summed E-state index contributed by atoms with van der Waals surface area (Å²) in [7, 11) is 1.84. The molecule has 1 aliphatic rings. The van der Waals surface area contributed by atoms with Crippen LogP contribution >= 0.6 is 0 Å². The fourth-order valence-electron chi connectivity index (χ4n) is 2.44. The minimum Gasteiger partial charge on any atom is -0.472 e. The van der Waals surface area contributed by atoms with Crippen LogP contribution in [-0.4, -0.2) is 47.8 Å². The molecule has 0 saturated carbocycles. The Morgan fingerprint density at radius 3 is 2.50 bits per heavy atom. The Hall–Kier alpha value is -1.78. The van der Waals surface area contributed by atoms with Crippen molar-refractivity contribution in [3.05, 3.63) is 24.2 Å². The number of carbonyl (C=O) groups is 2. The normalized spacial score (nSPS) is 16.5. The molecular formula is C15H22N2O3. The van der Waals surface area contributed by atoms with Gasteiger partial charge in [0.15, 0.2) is 0 Å². The number of likely N-dealkylation sites (tertiary alicyclic amines) is 1. The highest BCUT2D eigenvalue weighted by molar-refractivity contribution is 5.94. The van der Waals surface area contributed by atoms with Crippen LogP contribution in [0.5, 0.6) is 0 Å². The molecule has 0 unspecified atom stereocenters. The fraction of sp³-hybridized carbons (Fsp3) is 0.600. The van der Waals surface area contributed by atoms with Crippen LogP contribution in [0.2, 0.25) is 0 Å². The first-order chi connectivity index (χ1) is 9.50. The Morgan fingerprint density at radius 1 is 1.35 bits per heavy atom. The number of furan rings is 1. The minimum absolute atomic E-state index is 0.0122. The summed E-state index contributed by atoms with van der Waals surface area (Å²) in [4.78, 5) is 28.0. The van der Waals surface area contributed by atoms with E-state index in [1.165, 1.54) is 12.5 Å². The highest BCUT2D eigenvalue weighted by Crippen LogP contribution is 2.21. The predicted molar refractivity (Wildman–Crippen MR) is 75.2 cm³/mol. The quantitative estimate of drug-likeness (QED) is 0.849. The summed E-state index contributed by atoms with van der Waals surface area (Å²) in [6.07, 6.45) is 4.44. The van der Waals surface area contributed by atoms with Gasteiger partial charge < -0.3 is 14.2 Å². The van der Waals surface area contributed by atoms with Crippen molar-refractivity contribution in [2.45, 2.75) is 32.7 Å². The molecule has 1 saturated heterocycles. The number of amides is 2. The van der Waals surface area contributed by atoms with Crippen LogP contribution in [0.3, 0.4) is 0 Å². The number of nitrogens with zero attached hydrogens (tertiary/aromatic N) is 2. The zero-order chi connectivity index (χ0) is 14.7. The van der Waals surface area contributed by atoms with E-state index in [-0.39, 0.29) is 23.8 Å². The van der Waals surface area contributed by atoms with Gasteiger partial charge in [-0.25, -0.2) is 0 Å². The molecule has 2 amide bonds. The van der Waals surface area contributed by atoms with Crippen LogP contribution in [0.15, 0.2) is 23.0 Å². The Kier molecular flexibility index (Phi) is 4.47. The van der Waals surface area contributed by atoms with Gasteiger partial charge in [-0.1, -0.05) is 0 Å². The summed E-state index contributed by atoms with van der Waals surface area (Å²) < 4.78 is 4.94. The molecule has 1 aromatic heterocycles. The molecule has 0 N–H and O–H groups in total. The molecule has 110 valence electrons. The fourth-order valence-corrected chi connectivity index (χ4v) is 2.44. The second-order valence-electron chi connectivity index (χ2n) is 5.62. The lowest BCUT2D eigenvalue weighted by atomic mass is 9.94. The first-order valence-corrected chi connectivity index (χ1v) is 7.09. The zero-order valence-corrected chi connectivity index (χ0v) is 12.3. The maximum absolute atomic E-state index is 12.3. The molecule has 5 nitrogen and oxygen atoms in total. The Bertz CT molecular complexity index is 459. The number of hydrogen-bond donors (Lipinski definition) is 0. The molecule has 0 atom stereocenters. The van der Waals surface area contributed by atoms with E-state index >= 15 is 0 Å². The van der Waals surface area contributed by atoms with Gasteiger partial charge >= 0.3 is 0 Å². The topological polar surface area (TPSA) is 53.8 Å². The van der Waals surface area contributed by atoms with Crippen LogP contribution in [-0.2, 0) is 4.79 Å². The molecule has 0 radical (unpaired) electrons. The predicted octanol–water partition coefficient (Wildman–Crippen LogP) is 2.00. The van der Waals surface area contributed by atoms with E-state index in [9.17, 15) is 9.59 Å². The van der Waals surface area contributed by atoms with E-state index in [1.807, 2.05) is 20.9 Å². The summed E-state index contributed by atoms with van der Waals surface area (Å²) in [5.41, 5.74) is 0.578. The van der Waals surface area contributed by atoms with Crippen LogP contribution < -0.4 is 0 Å². The number of rotatable bonds is 3. The average Bonchev–Trinajstić information content (AvgIpc) is 2.99. The number of hydrogen-bond acceptors (Lipinski definition) is 3. The lowest BCUT2D eigenvalue weighted by Crippen LogP contribution is -2.44. The van der Waals surface area contributed by atoms with E-state index in [2.05, 4.69) is 0 Å². The Balaban J connectivity index is 1.89. The van der Waals surface area contributed by atoms with Gasteiger partial charge in [-0.05, 0) is 32.8 Å². The highest BCUT2D eigenvalue weighted by Gasteiger charge is 2.30. The highest BCUT2D eigenvalue weighted by atomic mass is 16.3. The second-order valence-corrected chi connectivity index (χ2v) is 5.62. The van der Waals surface area contributed by atoms with Gasteiger partial charge in [0.05, 0.1) is 11.8 Å². The van der Waals surface area contributed by atoms with Gasteiger partial charge in [0.2, 0.25) is 5.91 Å². The zero-order valence-electron chi connectivity index (χ0n) is 12.3. The molecule has 1 aliphatic heterocycles. The molecule has 2 heterocycles. The van der Waals surface area contributed by atoms with Crippen LogP contribution in [0.1, 0.15) is 37.0 Å². The molecule has 0 bridgehead atoms. The molecule has 0 spiro atoms. The van der Waals surface area contributed by atoms with Crippen molar-refractivity contribution in [3.8, 4) is 0 Å².